The first-order valence-corrected chi connectivity index (χ1v) is 11.4. The molecule has 1 saturated heterocycles. The fourth-order valence-electron chi connectivity index (χ4n) is 2.78. The fraction of sp³-hybridized carbons (Fsp3) is 0.294. The number of rotatable bonds is 5. The molecule has 1 N–H and O–H groups in total. The number of amides is 1. The van der Waals surface area contributed by atoms with Gasteiger partial charge in [0.05, 0.1) is 21.7 Å². The van der Waals surface area contributed by atoms with Crippen molar-refractivity contribution in [3.8, 4) is 0 Å². The van der Waals surface area contributed by atoms with Crippen molar-refractivity contribution in [3.05, 3.63) is 59.9 Å². The van der Waals surface area contributed by atoms with E-state index in [2.05, 4.69) is 10.3 Å². The highest BCUT2D eigenvalue weighted by Gasteiger charge is 2.37. The minimum atomic E-state index is -3.73. The third-order valence-electron chi connectivity index (χ3n) is 4.28. The maximum atomic E-state index is 12.5. The molecule has 2 heterocycles. The van der Waals surface area contributed by atoms with Crippen LogP contribution < -0.4 is 5.32 Å². The van der Waals surface area contributed by atoms with Crippen LogP contribution in [0, 0.1) is 0 Å². The lowest BCUT2D eigenvalue weighted by Gasteiger charge is -2.11. The Labute approximate surface area is 152 Å². The van der Waals surface area contributed by atoms with E-state index < -0.39 is 24.9 Å². The number of sulfone groups is 2. The molecule has 2 aromatic rings. The summed E-state index contributed by atoms with van der Waals surface area (Å²) >= 11 is 0. The molecule has 1 aliphatic heterocycles. The summed E-state index contributed by atoms with van der Waals surface area (Å²) in [6.07, 6.45) is 3.37. The van der Waals surface area contributed by atoms with Gasteiger partial charge in [0, 0.05) is 24.5 Å². The van der Waals surface area contributed by atoms with Gasteiger partial charge in [-0.2, -0.15) is 0 Å². The third kappa shape index (κ3) is 4.10. The maximum absolute atomic E-state index is 12.5. The molecule has 1 fully saturated rings. The van der Waals surface area contributed by atoms with Crippen molar-refractivity contribution in [3.63, 3.8) is 0 Å². The molecule has 0 unspecified atom stereocenters. The number of carbonyl (C=O) groups excluding carboxylic acids is 1. The molecule has 1 amide bonds. The minimum Gasteiger partial charge on any atom is -0.348 e. The zero-order valence-corrected chi connectivity index (χ0v) is 15.5. The summed E-state index contributed by atoms with van der Waals surface area (Å²) in [5, 5.41) is 1.83. The predicted molar refractivity (Wildman–Crippen MR) is 96.1 cm³/mol. The summed E-state index contributed by atoms with van der Waals surface area (Å²) in [4.78, 5) is 16.1. The molecule has 1 aromatic heterocycles. The summed E-state index contributed by atoms with van der Waals surface area (Å²) in [5.74, 6) is -0.773. The Balaban J connectivity index is 1.69. The number of hydrogen-bond acceptors (Lipinski definition) is 6. The van der Waals surface area contributed by atoms with Crippen LogP contribution in [0.2, 0.25) is 0 Å². The Bertz CT molecular complexity index is 1000. The third-order valence-corrected chi connectivity index (χ3v) is 8.47. The van der Waals surface area contributed by atoms with Crippen LogP contribution in [-0.2, 0) is 26.2 Å². The average Bonchev–Trinajstić information content (AvgIpc) is 3.01. The molecule has 1 aromatic carbocycles. The molecule has 0 spiro atoms. The van der Waals surface area contributed by atoms with E-state index in [0.717, 1.165) is 5.56 Å². The Morgan fingerprint density at radius 2 is 1.77 bits per heavy atom. The zero-order valence-electron chi connectivity index (χ0n) is 13.8. The Morgan fingerprint density at radius 3 is 2.35 bits per heavy atom. The van der Waals surface area contributed by atoms with Gasteiger partial charge in [0.15, 0.2) is 19.7 Å². The standard InChI is InChI=1S/C17H18N2O5S2/c20-17(19-11-13-5-8-18-9-6-13)14-1-3-15(4-2-14)26(23,24)16-7-10-25(21,22)12-16/h1-6,8-9,16H,7,10-12H2,(H,19,20)/t16-/m1/s1. The molecule has 7 nitrogen and oxygen atoms in total. The first kappa shape index (κ1) is 18.5. The van der Waals surface area contributed by atoms with Crippen LogP contribution in [0.3, 0.4) is 0 Å². The van der Waals surface area contributed by atoms with E-state index in [1.807, 2.05) is 0 Å². The lowest BCUT2D eigenvalue weighted by Crippen LogP contribution is -2.24. The molecule has 0 aliphatic carbocycles. The summed E-state index contributed by atoms with van der Waals surface area (Å²) in [5.41, 5.74) is 1.23. The van der Waals surface area contributed by atoms with Gasteiger partial charge in [-0.3, -0.25) is 9.78 Å². The molecule has 26 heavy (non-hydrogen) atoms. The van der Waals surface area contributed by atoms with Crippen LogP contribution in [0.5, 0.6) is 0 Å². The summed E-state index contributed by atoms with van der Waals surface area (Å²) in [7, 11) is -7.01. The lowest BCUT2D eigenvalue weighted by atomic mass is 10.2. The highest BCUT2D eigenvalue weighted by molar-refractivity contribution is 7.96. The second-order valence-electron chi connectivity index (χ2n) is 6.13. The first-order chi connectivity index (χ1) is 12.3. The molecule has 0 bridgehead atoms. The quantitative estimate of drug-likeness (QED) is 0.809. The van der Waals surface area contributed by atoms with Gasteiger partial charge < -0.3 is 5.32 Å². The topological polar surface area (TPSA) is 110 Å². The lowest BCUT2D eigenvalue weighted by molar-refractivity contribution is 0.0951. The minimum absolute atomic E-state index is 0.0327. The van der Waals surface area contributed by atoms with E-state index in [9.17, 15) is 21.6 Å². The second kappa shape index (κ2) is 7.16. The molecule has 0 radical (unpaired) electrons. The van der Waals surface area contributed by atoms with Crippen molar-refractivity contribution in [2.45, 2.75) is 23.1 Å². The molecule has 9 heteroatoms. The number of pyridine rings is 1. The number of carbonyl (C=O) groups is 1. The van der Waals surface area contributed by atoms with Crippen molar-refractivity contribution in [2.75, 3.05) is 11.5 Å². The molecular formula is C17H18N2O5S2. The molecule has 3 rings (SSSR count). The van der Waals surface area contributed by atoms with Crippen molar-refractivity contribution in [1.82, 2.24) is 10.3 Å². The van der Waals surface area contributed by atoms with Gasteiger partial charge in [0.25, 0.3) is 5.91 Å². The highest BCUT2D eigenvalue weighted by Crippen LogP contribution is 2.25. The van der Waals surface area contributed by atoms with Gasteiger partial charge in [-0.1, -0.05) is 0 Å². The number of aromatic nitrogens is 1. The van der Waals surface area contributed by atoms with Crippen LogP contribution in [0.1, 0.15) is 22.3 Å². The summed E-state index contributed by atoms with van der Waals surface area (Å²) in [6, 6.07) is 9.12. The van der Waals surface area contributed by atoms with Gasteiger partial charge in [-0.25, -0.2) is 16.8 Å². The van der Waals surface area contributed by atoms with Gasteiger partial charge >= 0.3 is 0 Å². The maximum Gasteiger partial charge on any atom is 0.251 e. The van der Waals surface area contributed by atoms with Gasteiger partial charge in [0.2, 0.25) is 0 Å². The van der Waals surface area contributed by atoms with E-state index in [1.54, 1.807) is 24.5 Å². The van der Waals surface area contributed by atoms with Crippen LogP contribution in [0.4, 0.5) is 0 Å². The Kier molecular flexibility index (Phi) is 5.10. The van der Waals surface area contributed by atoms with E-state index in [0.29, 0.717) is 12.1 Å². The van der Waals surface area contributed by atoms with Crippen molar-refractivity contribution in [1.29, 1.82) is 0 Å². The highest BCUT2D eigenvalue weighted by atomic mass is 32.2. The van der Waals surface area contributed by atoms with Crippen LogP contribution >= 0.6 is 0 Å². The Morgan fingerprint density at radius 1 is 1.12 bits per heavy atom. The van der Waals surface area contributed by atoms with E-state index >= 15 is 0 Å². The van der Waals surface area contributed by atoms with E-state index in [4.69, 9.17) is 0 Å². The van der Waals surface area contributed by atoms with Crippen LogP contribution in [0.15, 0.2) is 53.7 Å². The van der Waals surface area contributed by atoms with Crippen LogP contribution in [0.25, 0.3) is 0 Å². The second-order valence-corrected chi connectivity index (χ2v) is 10.6. The van der Waals surface area contributed by atoms with E-state index in [1.165, 1.54) is 24.3 Å². The molecule has 138 valence electrons. The van der Waals surface area contributed by atoms with Crippen molar-refractivity contribution in [2.24, 2.45) is 0 Å². The Hall–Kier alpha value is -2.26. The predicted octanol–water partition coefficient (Wildman–Crippen LogP) is 0.972. The van der Waals surface area contributed by atoms with Crippen molar-refractivity contribution < 1.29 is 21.6 Å². The SMILES string of the molecule is O=C(NCc1ccncc1)c1ccc(S(=O)(=O)[C@@H]2CCS(=O)(=O)C2)cc1. The molecule has 1 aliphatic rings. The molecule has 1 atom stereocenters. The van der Waals surface area contributed by atoms with Gasteiger partial charge in [-0.05, 0) is 48.4 Å². The smallest absolute Gasteiger partial charge is 0.251 e. The number of hydrogen-bond donors (Lipinski definition) is 1. The monoisotopic (exact) mass is 394 g/mol. The summed E-state index contributed by atoms with van der Waals surface area (Å²) in [6.45, 7) is 0.335. The fourth-order valence-corrected chi connectivity index (χ4v) is 7.14. The first-order valence-electron chi connectivity index (χ1n) is 7.99. The normalized spacial score (nSPS) is 19.2. The molecular weight excluding hydrogens is 376 g/mol. The van der Waals surface area contributed by atoms with Gasteiger partial charge in [-0.15, -0.1) is 0 Å². The van der Waals surface area contributed by atoms with E-state index in [-0.39, 0.29) is 28.7 Å². The largest absolute Gasteiger partial charge is 0.348 e. The van der Waals surface area contributed by atoms with Crippen molar-refractivity contribution >= 4 is 25.6 Å². The number of nitrogens with one attached hydrogen (secondary N) is 1. The van der Waals surface area contributed by atoms with Crippen LogP contribution in [-0.4, -0.2) is 44.5 Å². The zero-order chi connectivity index (χ0) is 18.8. The average molecular weight is 394 g/mol. The van der Waals surface area contributed by atoms with Gasteiger partial charge in [0.1, 0.15) is 0 Å². The molecule has 0 saturated carbocycles. The number of benzene rings is 1. The number of nitrogens with zero attached hydrogens (tertiary/aromatic N) is 1. The summed E-state index contributed by atoms with van der Waals surface area (Å²) < 4.78 is 48.1.